The van der Waals surface area contributed by atoms with Crippen LogP contribution in [0.4, 0.5) is 5.82 Å². The van der Waals surface area contributed by atoms with Gasteiger partial charge in [-0.2, -0.15) is 0 Å². The van der Waals surface area contributed by atoms with E-state index in [0.717, 1.165) is 36.5 Å². The second-order valence-corrected chi connectivity index (χ2v) is 6.24. The second-order valence-electron chi connectivity index (χ2n) is 5.32. The van der Waals surface area contributed by atoms with Crippen LogP contribution in [0, 0.1) is 0 Å². The molecule has 1 atom stereocenters. The van der Waals surface area contributed by atoms with Crippen LogP contribution in [-0.2, 0) is 0 Å². The Labute approximate surface area is 133 Å². The third-order valence-corrected chi connectivity index (χ3v) is 4.53. The van der Waals surface area contributed by atoms with Crippen molar-refractivity contribution in [2.45, 2.75) is 13.0 Å². The highest BCUT2D eigenvalue weighted by Crippen LogP contribution is 2.22. The molecule has 0 aliphatic carbocycles. The lowest BCUT2D eigenvalue weighted by Crippen LogP contribution is -2.47. The van der Waals surface area contributed by atoms with Gasteiger partial charge in [0.1, 0.15) is 5.82 Å². The van der Waals surface area contributed by atoms with E-state index in [-0.39, 0.29) is 0 Å². The summed E-state index contributed by atoms with van der Waals surface area (Å²) in [4.78, 5) is 13.6. The highest BCUT2D eigenvalue weighted by molar-refractivity contribution is 9.10. The van der Waals surface area contributed by atoms with Crippen LogP contribution in [0.2, 0.25) is 0 Å². The fraction of sp³-hybridized carbons (Fsp3) is 0.375. The second kappa shape index (κ2) is 6.54. The molecular weight excluding hydrogens is 328 g/mol. The van der Waals surface area contributed by atoms with Gasteiger partial charge in [0.25, 0.3) is 0 Å². The third-order valence-electron chi connectivity index (χ3n) is 4.06. The molecule has 1 aliphatic rings. The largest absolute Gasteiger partial charge is 0.354 e. The summed E-state index contributed by atoms with van der Waals surface area (Å²) in [5.74, 6) is 1.06. The molecule has 0 amide bonds. The third kappa shape index (κ3) is 3.41. The van der Waals surface area contributed by atoms with Gasteiger partial charge in [0.15, 0.2) is 0 Å². The van der Waals surface area contributed by atoms with Crippen LogP contribution >= 0.6 is 15.9 Å². The van der Waals surface area contributed by atoms with Crippen molar-refractivity contribution in [2.24, 2.45) is 0 Å². The first-order valence-electron chi connectivity index (χ1n) is 7.24. The Balaban J connectivity index is 1.61. The molecule has 1 saturated heterocycles. The van der Waals surface area contributed by atoms with Gasteiger partial charge in [-0.05, 0) is 46.6 Å². The van der Waals surface area contributed by atoms with Crippen molar-refractivity contribution < 1.29 is 0 Å². The standard InChI is InChI=1S/C16H19BrN4/c1-13(14-3-2-6-18-11-14)20-7-9-21(10-8-20)16-5-4-15(17)12-19-16/h2-6,11-13H,7-10H2,1H3/t13-/m1/s1. The molecule has 0 aromatic carbocycles. The van der Waals surface area contributed by atoms with Crippen molar-refractivity contribution in [3.05, 3.63) is 52.9 Å². The van der Waals surface area contributed by atoms with Gasteiger partial charge < -0.3 is 4.90 Å². The lowest BCUT2D eigenvalue weighted by Gasteiger charge is -2.38. The fourth-order valence-electron chi connectivity index (χ4n) is 2.73. The monoisotopic (exact) mass is 346 g/mol. The van der Waals surface area contributed by atoms with Crippen LogP contribution in [0.1, 0.15) is 18.5 Å². The molecule has 5 heteroatoms. The van der Waals surface area contributed by atoms with Gasteiger partial charge >= 0.3 is 0 Å². The van der Waals surface area contributed by atoms with Crippen LogP contribution in [-0.4, -0.2) is 41.0 Å². The first-order chi connectivity index (χ1) is 10.2. The van der Waals surface area contributed by atoms with E-state index in [1.807, 2.05) is 30.7 Å². The van der Waals surface area contributed by atoms with E-state index in [2.05, 4.69) is 54.8 Å². The molecule has 110 valence electrons. The van der Waals surface area contributed by atoms with Crippen LogP contribution in [0.5, 0.6) is 0 Å². The van der Waals surface area contributed by atoms with Gasteiger partial charge in [-0.25, -0.2) is 4.98 Å². The van der Waals surface area contributed by atoms with Crippen molar-refractivity contribution in [3.8, 4) is 0 Å². The first-order valence-corrected chi connectivity index (χ1v) is 8.04. The molecule has 0 N–H and O–H groups in total. The molecule has 1 fully saturated rings. The van der Waals surface area contributed by atoms with Crippen molar-refractivity contribution in [3.63, 3.8) is 0 Å². The Morgan fingerprint density at radius 3 is 2.52 bits per heavy atom. The average molecular weight is 347 g/mol. The SMILES string of the molecule is C[C@H](c1cccnc1)N1CCN(c2ccc(Br)cn2)CC1. The summed E-state index contributed by atoms with van der Waals surface area (Å²) in [5, 5.41) is 0. The summed E-state index contributed by atoms with van der Waals surface area (Å²) in [6.07, 6.45) is 5.65. The zero-order chi connectivity index (χ0) is 14.7. The van der Waals surface area contributed by atoms with Gasteiger partial charge in [-0.1, -0.05) is 6.07 Å². The molecule has 0 spiro atoms. The van der Waals surface area contributed by atoms with E-state index >= 15 is 0 Å². The fourth-order valence-corrected chi connectivity index (χ4v) is 2.96. The Morgan fingerprint density at radius 2 is 1.90 bits per heavy atom. The van der Waals surface area contributed by atoms with E-state index < -0.39 is 0 Å². The van der Waals surface area contributed by atoms with E-state index in [1.165, 1.54) is 5.56 Å². The summed E-state index contributed by atoms with van der Waals surface area (Å²) in [6.45, 7) is 6.38. The Hall–Kier alpha value is -1.46. The molecule has 1 aliphatic heterocycles. The van der Waals surface area contributed by atoms with Crippen LogP contribution in [0.15, 0.2) is 47.3 Å². The number of nitrogens with zero attached hydrogens (tertiary/aromatic N) is 4. The molecule has 2 aromatic rings. The number of piperazine rings is 1. The number of pyridine rings is 2. The van der Waals surface area contributed by atoms with Crippen molar-refractivity contribution in [2.75, 3.05) is 31.1 Å². The molecule has 0 saturated carbocycles. The highest BCUT2D eigenvalue weighted by atomic mass is 79.9. The van der Waals surface area contributed by atoms with Gasteiger partial charge in [0.05, 0.1) is 0 Å². The van der Waals surface area contributed by atoms with E-state index in [0.29, 0.717) is 6.04 Å². The molecule has 4 nitrogen and oxygen atoms in total. The van der Waals surface area contributed by atoms with E-state index in [4.69, 9.17) is 0 Å². The molecule has 0 unspecified atom stereocenters. The van der Waals surface area contributed by atoms with E-state index in [1.54, 1.807) is 0 Å². The zero-order valence-corrected chi connectivity index (χ0v) is 13.7. The summed E-state index contributed by atoms with van der Waals surface area (Å²) in [7, 11) is 0. The number of anilines is 1. The first kappa shape index (κ1) is 14.5. The lowest BCUT2D eigenvalue weighted by molar-refractivity contribution is 0.198. The molecule has 3 heterocycles. The van der Waals surface area contributed by atoms with Gasteiger partial charge in [-0.15, -0.1) is 0 Å². The maximum Gasteiger partial charge on any atom is 0.128 e. The normalized spacial score (nSPS) is 17.7. The summed E-state index contributed by atoms with van der Waals surface area (Å²) < 4.78 is 1.02. The average Bonchev–Trinajstić information content (AvgIpc) is 2.56. The Kier molecular flexibility index (Phi) is 4.51. The molecule has 0 radical (unpaired) electrons. The van der Waals surface area contributed by atoms with Gasteiger partial charge in [-0.3, -0.25) is 9.88 Å². The van der Waals surface area contributed by atoms with Gasteiger partial charge in [0.2, 0.25) is 0 Å². The maximum absolute atomic E-state index is 4.48. The minimum absolute atomic E-state index is 0.415. The van der Waals surface area contributed by atoms with Crippen molar-refractivity contribution >= 4 is 21.7 Å². The minimum Gasteiger partial charge on any atom is -0.354 e. The molecule has 3 rings (SSSR count). The topological polar surface area (TPSA) is 32.3 Å². The molecule has 2 aromatic heterocycles. The van der Waals surface area contributed by atoms with Gasteiger partial charge in [0, 0.05) is 55.3 Å². The number of hydrogen-bond acceptors (Lipinski definition) is 4. The summed E-state index contributed by atoms with van der Waals surface area (Å²) in [5.41, 5.74) is 1.28. The summed E-state index contributed by atoms with van der Waals surface area (Å²) >= 11 is 3.43. The smallest absolute Gasteiger partial charge is 0.128 e. The zero-order valence-electron chi connectivity index (χ0n) is 12.1. The number of halogens is 1. The number of aromatic nitrogens is 2. The molecule has 0 bridgehead atoms. The van der Waals surface area contributed by atoms with Crippen molar-refractivity contribution in [1.82, 2.24) is 14.9 Å². The molecular formula is C16H19BrN4. The maximum atomic E-state index is 4.48. The van der Waals surface area contributed by atoms with Crippen LogP contribution in [0.25, 0.3) is 0 Å². The quantitative estimate of drug-likeness (QED) is 0.854. The van der Waals surface area contributed by atoms with Crippen LogP contribution in [0.3, 0.4) is 0 Å². The van der Waals surface area contributed by atoms with Crippen molar-refractivity contribution in [1.29, 1.82) is 0 Å². The lowest BCUT2D eigenvalue weighted by atomic mass is 10.1. The van der Waals surface area contributed by atoms with E-state index in [9.17, 15) is 0 Å². The Bertz CT molecular complexity index is 565. The van der Waals surface area contributed by atoms with Crippen LogP contribution < -0.4 is 4.90 Å². The predicted octanol–water partition coefficient (Wildman–Crippen LogP) is 3.12. The molecule has 21 heavy (non-hydrogen) atoms. The number of rotatable bonds is 3. The predicted molar refractivity (Wildman–Crippen MR) is 88.4 cm³/mol. The highest BCUT2D eigenvalue weighted by Gasteiger charge is 2.22. The Morgan fingerprint density at radius 1 is 1.10 bits per heavy atom. The number of hydrogen-bond donors (Lipinski definition) is 0. The summed E-state index contributed by atoms with van der Waals surface area (Å²) in [6, 6.07) is 8.70. The minimum atomic E-state index is 0.415.